The molecule has 24 heavy (non-hydrogen) atoms. The number of fused-ring (bicyclic) bond motifs is 1. The van der Waals surface area contributed by atoms with Gasteiger partial charge in [0.25, 0.3) is 0 Å². The van der Waals surface area contributed by atoms with E-state index in [2.05, 4.69) is 20.1 Å². The number of nitrogens with zero attached hydrogens (tertiary/aromatic N) is 5. The van der Waals surface area contributed by atoms with E-state index in [-0.39, 0.29) is 6.61 Å². The fourth-order valence-electron chi connectivity index (χ4n) is 3.05. The summed E-state index contributed by atoms with van der Waals surface area (Å²) < 4.78 is 21.7. The summed E-state index contributed by atoms with van der Waals surface area (Å²) >= 11 is 0. The number of pyridine rings is 1. The lowest BCUT2D eigenvalue weighted by atomic mass is 10.3. The van der Waals surface area contributed by atoms with Crippen LogP contribution in [0.2, 0.25) is 0 Å². The van der Waals surface area contributed by atoms with Gasteiger partial charge < -0.3 is 9.72 Å². The van der Waals surface area contributed by atoms with Crippen molar-refractivity contribution in [2.75, 3.05) is 13.1 Å². The van der Waals surface area contributed by atoms with E-state index in [4.69, 9.17) is 4.74 Å². The number of aryl methyl sites for hydroxylation is 1. The Morgan fingerprint density at radius 2 is 2.33 bits per heavy atom. The molecule has 0 radical (unpaired) electrons. The summed E-state index contributed by atoms with van der Waals surface area (Å²) in [6, 6.07) is 3.75. The van der Waals surface area contributed by atoms with Gasteiger partial charge in [-0.2, -0.15) is 5.10 Å². The van der Waals surface area contributed by atoms with Crippen LogP contribution in [-0.2, 0) is 24.9 Å². The Morgan fingerprint density at radius 1 is 1.42 bits per heavy atom. The highest BCUT2D eigenvalue weighted by molar-refractivity contribution is 5.69. The van der Waals surface area contributed by atoms with Crippen LogP contribution in [0.4, 0.5) is 4.39 Å². The van der Waals surface area contributed by atoms with Gasteiger partial charge in [0.1, 0.15) is 24.7 Å². The lowest BCUT2D eigenvalue weighted by molar-refractivity contribution is 0.00863. The fraction of sp³-hybridized carbons (Fsp3) is 0.438. The summed E-state index contributed by atoms with van der Waals surface area (Å²) in [6.07, 6.45) is 4.01. The van der Waals surface area contributed by atoms with E-state index in [1.165, 1.54) is 0 Å². The number of hydrogen-bond donors (Lipinski definition) is 1. The van der Waals surface area contributed by atoms with Crippen molar-refractivity contribution in [1.29, 1.82) is 0 Å². The third-order valence-corrected chi connectivity index (χ3v) is 4.18. The van der Waals surface area contributed by atoms with Gasteiger partial charge >= 0.3 is 0 Å². The van der Waals surface area contributed by atoms with Gasteiger partial charge in [-0.3, -0.25) is 9.58 Å². The van der Waals surface area contributed by atoms with Crippen molar-refractivity contribution < 1.29 is 9.13 Å². The number of hydrogen-bond acceptors (Lipinski definition) is 5. The number of H-pyrrole nitrogens is 1. The predicted octanol–water partition coefficient (Wildman–Crippen LogP) is 1.43. The first kappa shape index (κ1) is 15.2. The second kappa shape index (κ2) is 6.29. The van der Waals surface area contributed by atoms with E-state index in [1.807, 2.05) is 36.5 Å². The number of halogens is 1. The Bertz CT molecular complexity index is 798. The van der Waals surface area contributed by atoms with Crippen molar-refractivity contribution in [3.05, 3.63) is 42.1 Å². The number of likely N-dealkylation sites (tertiary alicyclic amines) is 1. The summed E-state index contributed by atoms with van der Waals surface area (Å²) in [6.45, 7) is 1.88. The molecule has 1 fully saturated rings. The minimum absolute atomic E-state index is 0.252. The summed E-state index contributed by atoms with van der Waals surface area (Å²) in [5.74, 6) is 0.668. The Kier molecular flexibility index (Phi) is 3.99. The van der Waals surface area contributed by atoms with E-state index in [0.717, 1.165) is 11.1 Å². The molecular formula is C16H19FN6O. The molecule has 0 spiro atoms. The van der Waals surface area contributed by atoms with Crippen molar-refractivity contribution in [3.8, 4) is 0 Å². The average molecular weight is 330 g/mol. The van der Waals surface area contributed by atoms with E-state index in [1.54, 1.807) is 10.9 Å². The maximum atomic E-state index is 14.2. The van der Waals surface area contributed by atoms with Crippen LogP contribution in [0, 0.1) is 0 Å². The van der Waals surface area contributed by atoms with Crippen LogP contribution in [-0.4, -0.2) is 55.0 Å². The Morgan fingerprint density at radius 3 is 3.12 bits per heavy atom. The zero-order valence-electron chi connectivity index (χ0n) is 13.4. The number of imidazole rings is 1. The highest BCUT2D eigenvalue weighted by atomic mass is 19.1. The molecule has 2 atom stereocenters. The number of aromatic nitrogens is 5. The zero-order chi connectivity index (χ0) is 16.5. The molecule has 8 heteroatoms. The molecule has 1 saturated heterocycles. The molecule has 126 valence electrons. The van der Waals surface area contributed by atoms with Crippen molar-refractivity contribution in [3.63, 3.8) is 0 Å². The van der Waals surface area contributed by atoms with Gasteiger partial charge in [-0.05, 0) is 12.1 Å². The van der Waals surface area contributed by atoms with Gasteiger partial charge in [0.15, 0.2) is 5.65 Å². The van der Waals surface area contributed by atoms with Gasteiger partial charge in [0.05, 0.1) is 11.7 Å². The number of ether oxygens (including phenoxy) is 1. The van der Waals surface area contributed by atoms with Crippen molar-refractivity contribution in [2.45, 2.75) is 25.4 Å². The minimum atomic E-state index is -0.996. The summed E-state index contributed by atoms with van der Waals surface area (Å²) in [4.78, 5) is 13.7. The van der Waals surface area contributed by atoms with Gasteiger partial charge in [-0.15, -0.1) is 0 Å². The third kappa shape index (κ3) is 3.15. The first-order valence-corrected chi connectivity index (χ1v) is 7.92. The SMILES string of the molecule is Cn1cc(CN2CC(F)C(OCc3nc4ncccc4[nH]3)C2)cn1. The van der Waals surface area contributed by atoms with Gasteiger partial charge in [-0.1, -0.05) is 0 Å². The van der Waals surface area contributed by atoms with Crippen LogP contribution < -0.4 is 0 Å². The molecule has 3 aromatic rings. The molecule has 4 heterocycles. The number of aromatic amines is 1. The summed E-state index contributed by atoms with van der Waals surface area (Å²) in [5, 5.41) is 4.14. The lowest BCUT2D eigenvalue weighted by Gasteiger charge is -2.14. The quantitative estimate of drug-likeness (QED) is 0.766. The molecule has 3 aromatic heterocycles. The van der Waals surface area contributed by atoms with Crippen LogP contribution in [0.15, 0.2) is 30.7 Å². The first-order chi connectivity index (χ1) is 11.7. The highest BCUT2D eigenvalue weighted by Crippen LogP contribution is 2.20. The Balaban J connectivity index is 1.34. The van der Waals surface area contributed by atoms with E-state index >= 15 is 0 Å². The second-order valence-electron chi connectivity index (χ2n) is 6.14. The predicted molar refractivity (Wildman–Crippen MR) is 85.8 cm³/mol. The molecule has 4 rings (SSSR count). The molecule has 0 bridgehead atoms. The van der Waals surface area contributed by atoms with Crippen molar-refractivity contribution in [2.24, 2.45) is 7.05 Å². The van der Waals surface area contributed by atoms with Crippen LogP contribution in [0.25, 0.3) is 11.2 Å². The topological polar surface area (TPSA) is 71.9 Å². The lowest BCUT2D eigenvalue weighted by Crippen LogP contribution is -2.24. The molecule has 2 unspecified atom stereocenters. The molecule has 7 nitrogen and oxygen atoms in total. The van der Waals surface area contributed by atoms with Crippen LogP contribution in [0.5, 0.6) is 0 Å². The zero-order valence-corrected chi connectivity index (χ0v) is 13.4. The molecule has 1 aliphatic rings. The van der Waals surface area contributed by atoms with Crippen LogP contribution >= 0.6 is 0 Å². The van der Waals surface area contributed by atoms with Crippen LogP contribution in [0.1, 0.15) is 11.4 Å². The summed E-state index contributed by atoms with van der Waals surface area (Å²) in [7, 11) is 1.87. The summed E-state index contributed by atoms with van der Waals surface area (Å²) in [5.41, 5.74) is 2.59. The largest absolute Gasteiger partial charge is 0.366 e. The van der Waals surface area contributed by atoms with Crippen molar-refractivity contribution in [1.82, 2.24) is 29.6 Å². The number of nitrogens with one attached hydrogen (secondary N) is 1. The Labute approximate surface area is 138 Å². The first-order valence-electron chi connectivity index (χ1n) is 7.92. The molecule has 0 aromatic carbocycles. The standard InChI is InChI=1S/C16H19FN6O/c1-22-6-11(5-19-22)7-23-8-12(17)14(9-23)24-10-15-20-13-3-2-4-18-16(13)21-15/h2-6,12,14H,7-10H2,1H3,(H,18,20,21). The van der Waals surface area contributed by atoms with Gasteiger partial charge in [-0.25, -0.2) is 14.4 Å². The number of alkyl halides is 1. The maximum Gasteiger partial charge on any atom is 0.177 e. The van der Waals surface area contributed by atoms with Crippen LogP contribution in [0.3, 0.4) is 0 Å². The molecular weight excluding hydrogens is 311 g/mol. The fourth-order valence-corrected chi connectivity index (χ4v) is 3.05. The molecule has 0 aliphatic carbocycles. The third-order valence-electron chi connectivity index (χ3n) is 4.18. The maximum absolute atomic E-state index is 14.2. The van der Waals surface area contributed by atoms with Gasteiger partial charge in [0.2, 0.25) is 0 Å². The van der Waals surface area contributed by atoms with E-state index in [0.29, 0.717) is 31.1 Å². The second-order valence-corrected chi connectivity index (χ2v) is 6.14. The van der Waals surface area contributed by atoms with E-state index < -0.39 is 12.3 Å². The van der Waals surface area contributed by atoms with Crippen molar-refractivity contribution >= 4 is 11.2 Å². The molecule has 0 amide bonds. The number of rotatable bonds is 5. The monoisotopic (exact) mass is 330 g/mol. The molecule has 1 aliphatic heterocycles. The smallest absolute Gasteiger partial charge is 0.177 e. The average Bonchev–Trinajstić information content (AvgIpc) is 3.24. The molecule has 0 saturated carbocycles. The van der Waals surface area contributed by atoms with E-state index in [9.17, 15) is 4.39 Å². The molecule has 1 N–H and O–H groups in total. The highest BCUT2D eigenvalue weighted by Gasteiger charge is 2.33. The minimum Gasteiger partial charge on any atom is -0.366 e. The normalized spacial score (nSPS) is 21.8. The Hall–Kier alpha value is -2.32. The van der Waals surface area contributed by atoms with Gasteiger partial charge in [0, 0.05) is 44.6 Å².